The number of hydrogen-bond acceptors (Lipinski definition) is 3. The van der Waals surface area contributed by atoms with Gasteiger partial charge in [-0.3, -0.25) is 4.57 Å². The van der Waals surface area contributed by atoms with Crippen molar-refractivity contribution in [3.8, 4) is 11.8 Å². The molecule has 0 unspecified atom stereocenters. The molecule has 1 N–H and O–H groups in total. The molecule has 0 aliphatic heterocycles. The van der Waals surface area contributed by atoms with Crippen LogP contribution >= 0.6 is 23.2 Å². The van der Waals surface area contributed by atoms with Crippen molar-refractivity contribution in [1.29, 1.82) is 0 Å². The summed E-state index contributed by atoms with van der Waals surface area (Å²) in [6, 6.07) is 21.6. The summed E-state index contributed by atoms with van der Waals surface area (Å²) < 4.78 is 8.14. The van der Waals surface area contributed by atoms with Gasteiger partial charge >= 0.3 is 6.01 Å². The van der Waals surface area contributed by atoms with Gasteiger partial charge in [0, 0.05) is 16.7 Å². The van der Waals surface area contributed by atoms with Gasteiger partial charge in [0.05, 0.1) is 17.6 Å². The number of hydrogen-bond donors (Lipinski definition) is 1. The Bertz CT molecular complexity index is 1120. The molecule has 0 atom stereocenters. The Balaban J connectivity index is 1.76. The molecule has 0 saturated carbocycles. The SMILES string of the molecule is OCCCc1ccc2nc(Oc3cccc(Cl)c3)n(Cc3ccc(Cl)cc3)c2c1. The highest BCUT2D eigenvalue weighted by Crippen LogP contribution is 2.29. The van der Waals surface area contributed by atoms with E-state index in [9.17, 15) is 0 Å². The minimum Gasteiger partial charge on any atom is -0.425 e. The monoisotopic (exact) mass is 426 g/mol. The number of benzene rings is 3. The summed E-state index contributed by atoms with van der Waals surface area (Å²) >= 11 is 12.1. The predicted molar refractivity (Wildman–Crippen MR) is 117 cm³/mol. The number of halogens is 2. The maximum Gasteiger partial charge on any atom is 0.303 e. The zero-order valence-electron chi connectivity index (χ0n) is 15.7. The van der Waals surface area contributed by atoms with Crippen molar-refractivity contribution >= 4 is 34.2 Å². The van der Waals surface area contributed by atoms with Crippen molar-refractivity contribution in [1.82, 2.24) is 9.55 Å². The molecule has 0 radical (unpaired) electrons. The molecular formula is C23H20Cl2N2O2. The highest BCUT2D eigenvalue weighted by molar-refractivity contribution is 6.30. The van der Waals surface area contributed by atoms with Crippen molar-refractivity contribution < 1.29 is 9.84 Å². The van der Waals surface area contributed by atoms with Crippen LogP contribution in [-0.4, -0.2) is 21.3 Å². The van der Waals surface area contributed by atoms with Crippen molar-refractivity contribution in [2.45, 2.75) is 19.4 Å². The second-order valence-corrected chi connectivity index (χ2v) is 7.69. The van der Waals surface area contributed by atoms with Crippen molar-refractivity contribution in [2.75, 3.05) is 6.61 Å². The van der Waals surface area contributed by atoms with Gasteiger partial charge in [0.2, 0.25) is 0 Å². The zero-order chi connectivity index (χ0) is 20.2. The highest BCUT2D eigenvalue weighted by atomic mass is 35.5. The smallest absolute Gasteiger partial charge is 0.303 e. The van der Waals surface area contributed by atoms with E-state index in [1.807, 2.05) is 53.1 Å². The zero-order valence-corrected chi connectivity index (χ0v) is 17.2. The highest BCUT2D eigenvalue weighted by Gasteiger charge is 2.14. The second-order valence-electron chi connectivity index (χ2n) is 6.82. The third kappa shape index (κ3) is 4.73. The van der Waals surface area contributed by atoms with Crippen LogP contribution in [0.4, 0.5) is 0 Å². The molecule has 0 spiro atoms. The lowest BCUT2D eigenvalue weighted by atomic mass is 10.1. The summed E-state index contributed by atoms with van der Waals surface area (Å²) in [6.45, 7) is 0.762. The predicted octanol–water partition coefficient (Wildman–Crippen LogP) is 6.11. The summed E-state index contributed by atoms with van der Waals surface area (Å²) in [5.74, 6) is 0.630. The molecule has 0 amide bonds. The Kier molecular flexibility index (Phi) is 6.05. The number of rotatable bonds is 7. The number of aryl methyl sites for hydroxylation is 1. The third-order valence-electron chi connectivity index (χ3n) is 4.66. The molecule has 3 aromatic carbocycles. The first-order valence-electron chi connectivity index (χ1n) is 9.40. The van der Waals surface area contributed by atoms with E-state index in [-0.39, 0.29) is 6.61 Å². The van der Waals surface area contributed by atoms with Gasteiger partial charge < -0.3 is 9.84 Å². The molecule has 0 aliphatic carbocycles. The normalized spacial score (nSPS) is 11.1. The number of aliphatic hydroxyl groups excluding tert-OH is 1. The van der Waals surface area contributed by atoms with E-state index in [2.05, 4.69) is 6.07 Å². The Labute approximate surface area is 179 Å². The summed E-state index contributed by atoms with van der Waals surface area (Å²) in [5, 5.41) is 10.4. The van der Waals surface area contributed by atoms with E-state index in [0.717, 1.165) is 35.0 Å². The van der Waals surface area contributed by atoms with E-state index < -0.39 is 0 Å². The summed E-state index contributed by atoms with van der Waals surface area (Å²) in [5.41, 5.74) is 4.07. The average molecular weight is 427 g/mol. The Morgan fingerprint density at radius 3 is 2.45 bits per heavy atom. The first-order valence-corrected chi connectivity index (χ1v) is 10.2. The van der Waals surface area contributed by atoms with Gasteiger partial charge in [-0.05, 0) is 66.4 Å². The number of ether oxygens (including phenoxy) is 1. The Morgan fingerprint density at radius 2 is 1.69 bits per heavy atom. The fourth-order valence-corrected chi connectivity index (χ4v) is 3.53. The van der Waals surface area contributed by atoms with Crippen LogP contribution in [0, 0.1) is 0 Å². The molecule has 0 bridgehead atoms. The molecule has 1 aromatic heterocycles. The Hall–Kier alpha value is -2.53. The van der Waals surface area contributed by atoms with Gasteiger partial charge in [-0.15, -0.1) is 0 Å². The fourth-order valence-electron chi connectivity index (χ4n) is 3.22. The molecule has 4 rings (SSSR count). The quantitative estimate of drug-likeness (QED) is 0.387. The van der Waals surface area contributed by atoms with Crippen LogP contribution < -0.4 is 4.74 Å². The molecule has 4 aromatic rings. The molecule has 1 heterocycles. The first kappa shape index (κ1) is 19.8. The van der Waals surface area contributed by atoms with Crippen molar-refractivity contribution in [2.24, 2.45) is 0 Å². The molecule has 0 aliphatic rings. The van der Waals surface area contributed by atoms with E-state index in [1.165, 1.54) is 0 Å². The van der Waals surface area contributed by atoms with E-state index in [4.69, 9.17) is 38.0 Å². The number of nitrogens with zero attached hydrogens (tertiary/aromatic N) is 2. The average Bonchev–Trinajstić information content (AvgIpc) is 3.04. The van der Waals surface area contributed by atoms with Crippen LogP contribution in [0.1, 0.15) is 17.5 Å². The van der Waals surface area contributed by atoms with Gasteiger partial charge in [0.25, 0.3) is 0 Å². The minimum absolute atomic E-state index is 0.172. The Morgan fingerprint density at radius 1 is 0.897 bits per heavy atom. The minimum atomic E-state index is 0.172. The van der Waals surface area contributed by atoms with Crippen LogP contribution in [0.2, 0.25) is 10.0 Å². The maximum atomic E-state index is 9.14. The van der Waals surface area contributed by atoms with Gasteiger partial charge in [-0.25, -0.2) is 0 Å². The second kappa shape index (κ2) is 8.87. The van der Waals surface area contributed by atoms with E-state index in [1.54, 1.807) is 12.1 Å². The number of fused-ring (bicyclic) bond motifs is 1. The van der Waals surface area contributed by atoms with Crippen LogP contribution in [0.15, 0.2) is 66.7 Å². The number of imidazole rings is 1. The number of aliphatic hydroxyl groups is 1. The van der Waals surface area contributed by atoms with Crippen molar-refractivity contribution in [3.05, 3.63) is 87.9 Å². The molecule has 4 nitrogen and oxygen atoms in total. The number of aromatic nitrogens is 2. The van der Waals surface area contributed by atoms with Crippen LogP contribution in [0.3, 0.4) is 0 Å². The maximum absolute atomic E-state index is 9.14. The lowest BCUT2D eigenvalue weighted by Crippen LogP contribution is -2.03. The third-order valence-corrected chi connectivity index (χ3v) is 5.15. The summed E-state index contributed by atoms with van der Waals surface area (Å²) in [7, 11) is 0. The van der Waals surface area contributed by atoms with Crippen LogP contribution in [-0.2, 0) is 13.0 Å². The topological polar surface area (TPSA) is 47.3 Å². The van der Waals surface area contributed by atoms with E-state index >= 15 is 0 Å². The van der Waals surface area contributed by atoms with Gasteiger partial charge in [0.1, 0.15) is 5.75 Å². The summed E-state index contributed by atoms with van der Waals surface area (Å²) in [4.78, 5) is 4.69. The van der Waals surface area contributed by atoms with Crippen molar-refractivity contribution in [3.63, 3.8) is 0 Å². The molecule has 6 heteroatoms. The molecule has 0 saturated heterocycles. The van der Waals surface area contributed by atoms with Crippen LogP contribution in [0.25, 0.3) is 11.0 Å². The standard InChI is InChI=1S/C23H20Cl2N2O2/c24-18-9-6-17(7-10-18)15-27-22-13-16(3-2-12-28)8-11-21(22)26-23(27)29-20-5-1-4-19(25)14-20/h1,4-11,13-14,28H,2-3,12,15H2. The van der Waals surface area contributed by atoms with Gasteiger partial charge in [-0.1, -0.05) is 47.5 Å². The van der Waals surface area contributed by atoms with E-state index in [0.29, 0.717) is 28.3 Å². The van der Waals surface area contributed by atoms with Crippen LogP contribution in [0.5, 0.6) is 11.8 Å². The lowest BCUT2D eigenvalue weighted by Gasteiger charge is -2.11. The fraction of sp³-hybridized carbons (Fsp3) is 0.174. The molecule has 148 valence electrons. The van der Waals surface area contributed by atoms with Gasteiger partial charge in [0.15, 0.2) is 0 Å². The largest absolute Gasteiger partial charge is 0.425 e. The summed E-state index contributed by atoms with van der Waals surface area (Å²) in [6.07, 6.45) is 1.53. The first-order chi connectivity index (χ1) is 14.1. The molecular weight excluding hydrogens is 407 g/mol. The molecule has 29 heavy (non-hydrogen) atoms. The molecule has 0 fully saturated rings. The lowest BCUT2D eigenvalue weighted by molar-refractivity contribution is 0.288. The van der Waals surface area contributed by atoms with Gasteiger partial charge in [-0.2, -0.15) is 4.98 Å².